The van der Waals surface area contributed by atoms with Crippen LogP contribution in [0.3, 0.4) is 0 Å². The molecule has 1 rings (SSSR count). The molecule has 0 aliphatic heterocycles. The topological polar surface area (TPSA) is 38.3 Å². The first-order valence-electron chi connectivity index (χ1n) is 7.53. The average Bonchev–Trinajstić information content (AvgIpc) is 2.44. The molecule has 1 aliphatic rings. The summed E-state index contributed by atoms with van der Waals surface area (Å²) in [5.74, 6) is 1.88. The second kappa shape index (κ2) is 8.15. The van der Waals surface area contributed by atoms with Gasteiger partial charge in [-0.25, -0.2) is 0 Å². The summed E-state index contributed by atoms with van der Waals surface area (Å²) in [6.07, 6.45) is 5.39. The van der Waals surface area contributed by atoms with Gasteiger partial charge in [0.05, 0.1) is 7.11 Å². The highest BCUT2D eigenvalue weighted by Gasteiger charge is 2.43. The standard InChI is InChI=1S/C15H29NO2S/c1-5-12(3)11-19-13-8-7-9-15(10-13,16-6-2)14(17)18-4/h12-13,16H,5-11H2,1-4H3. The van der Waals surface area contributed by atoms with Crippen LogP contribution in [0.25, 0.3) is 0 Å². The molecule has 112 valence electrons. The molecule has 0 amide bonds. The van der Waals surface area contributed by atoms with Gasteiger partial charge < -0.3 is 10.1 Å². The van der Waals surface area contributed by atoms with E-state index in [2.05, 4.69) is 26.1 Å². The van der Waals surface area contributed by atoms with E-state index in [1.54, 1.807) is 0 Å². The van der Waals surface area contributed by atoms with Gasteiger partial charge in [0, 0.05) is 5.25 Å². The van der Waals surface area contributed by atoms with E-state index < -0.39 is 5.54 Å². The highest BCUT2D eigenvalue weighted by atomic mass is 32.2. The van der Waals surface area contributed by atoms with Crippen molar-refractivity contribution in [3.05, 3.63) is 0 Å². The molecule has 0 radical (unpaired) electrons. The Bertz CT molecular complexity index is 281. The van der Waals surface area contributed by atoms with Crippen LogP contribution in [0.4, 0.5) is 0 Å². The minimum Gasteiger partial charge on any atom is -0.468 e. The molecule has 3 nitrogen and oxygen atoms in total. The molecule has 0 heterocycles. The van der Waals surface area contributed by atoms with Crippen molar-refractivity contribution in [3.63, 3.8) is 0 Å². The summed E-state index contributed by atoms with van der Waals surface area (Å²) in [6.45, 7) is 7.41. The van der Waals surface area contributed by atoms with E-state index in [1.807, 2.05) is 11.8 Å². The average molecular weight is 287 g/mol. The Morgan fingerprint density at radius 3 is 2.84 bits per heavy atom. The van der Waals surface area contributed by atoms with Crippen LogP contribution in [0.2, 0.25) is 0 Å². The van der Waals surface area contributed by atoms with Crippen LogP contribution >= 0.6 is 11.8 Å². The zero-order valence-corrected chi connectivity index (χ0v) is 13.6. The molecule has 3 unspecified atom stereocenters. The second-order valence-corrected chi connectivity index (χ2v) is 7.00. The molecule has 3 atom stereocenters. The van der Waals surface area contributed by atoms with E-state index in [0.29, 0.717) is 5.25 Å². The fourth-order valence-corrected chi connectivity index (χ4v) is 4.31. The minimum absolute atomic E-state index is 0.0804. The van der Waals surface area contributed by atoms with Crippen molar-refractivity contribution in [1.82, 2.24) is 5.32 Å². The zero-order valence-electron chi connectivity index (χ0n) is 12.8. The largest absolute Gasteiger partial charge is 0.468 e. The van der Waals surface area contributed by atoms with Gasteiger partial charge in [0.1, 0.15) is 5.54 Å². The number of hydrogen-bond donors (Lipinski definition) is 1. The summed E-state index contributed by atoms with van der Waals surface area (Å²) in [5, 5.41) is 3.98. The van der Waals surface area contributed by atoms with Crippen LogP contribution in [-0.2, 0) is 9.53 Å². The van der Waals surface area contributed by atoms with E-state index in [9.17, 15) is 4.79 Å². The maximum Gasteiger partial charge on any atom is 0.326 e. The van der Waals surface area contributed by atoms with Gasteiger partial charge in [0.15, 0.2) is 0 Å². The molecule has 0 saturated heterocycles. The SMILES string of the molecule is CCNC1(C(=O)OC)CCCC(SCC(C)CC)C1. The van der Waals surface area contributed by atoms with Gasteiger partial charge in [-0.2, -0.15) is 11.8 Å². The number of likely N-dealkylation sites (N-methyl/N-ethyl adjacent to an activating group) is 1. The molecule has 0 aromatic heterocycles. The zero-order chi connectivity index (χ0) is 14.3. The van der Waals surface area contributed by atoms with Crippen molar-refractivity contribution in [1.29, 1.82) is 0 Å². The Kier molecular flexibility index (Phi) is 7.22. The number of hydrogen-bond acceptors (Lipinski definition) is 4. The van der Waals surface area contributed by atoms with Crippen LogP contribution in [-0.4, -0.2) is 36.2 Å². The van der Waals surface area contributed by atoms with E-state index in [1.165, 1.54) is 25.7 Å². The Morgan fingerprint density at radius 1 is 1.53 bits per heavy atom. The monoisotopic (exact) mass is 287 g/mol. The fourth-order valence-electron chi connectivity index (χ4n) is 2.74. The molecule has 19 heavy (non-hydrogen) atoms. The second-order valence-electron chi connectivity index (χ2n) is 5.67. The van der Waals surface area contributed by atoms with E-state index in [0.717, 1.165) is 31.7 Å². The van der Waals surface area contributed by atoms with E-state index >= 15 is 0 Å². The Balaban J connectivity index is 2.61. The molecular formula is C15H29NO2S. The van der Waals surface area contributed by atoms with Gasteiger partial charge in [-0.1, -0.05) is 27.2 Å². The van der Waals surface area contributed by atoms with E-state index in [4.69, 9.17) is 4.74 Å². The van der Waals surface area contributed by atoms with Crippen LogP contribution in [0.15, 0.2) is 0 Å². The van der Waals surface area contributed by atoms with Crippen LogP contribution in [0, 0.1) is 5.92 Å². The maximum atomic E-state index is 12.1. The first kappa shape index (κ1) is 16.8. The highest BCUT2D eigenvalue weighted by molar-refractivity contribution is 7.99. The maximum absolute atomic E-state index is 12.1. The number of carbonyl (C=O) groups excluding carboxylic acids is 1. The third-order valence-electron chi connectivity index (χ3n) is 4.11. The molecule has 0 aromatic carbocycles. The van der Waals surface area contributed by atoms with Gasteiger partial charge >= 0.3 is 5.97 Å². The van der Waals surface area contributed by atoms with Crippen molar-refractivity contribution in [2.24, 2.45) is 5.92 Å². The fraction of sp³-hybridized carbons (Fsp3) is 0.933. The summed E-state index contributed by atoms with van der Waals surface area (Å²) in [7, 11) is 1.50. The van der Waals surface area contributed by atoms with Crippen LogP contribution in [0.5, 0.6) is 0 Å². The number of carbonyl (C=O) groups is 1. The molecule has 1 saturated carbocycles. The lowest BCUT2D eigenvalue weighted by Gasteiger charge is -2.39. The van der Waals surface area contributed by atoms with Crippen molar-refractivity contribution in [2.75, 3.05) is 19.4 Å². The summed E-state index contributed by atoms with van der Waals surface area (Å²) >= 11 is 2.04. The molecule has 0 aromatic rings. The molecular weight excluding hydrogens is 258 g/mol. The van der Waals surface area contributed by atoms with Crippen LogP contribution in [0.1, 0.15) is 52.9 Å². The molecule has 0 spiro atoms. The summed E-state index contributed by atoms with van der Waals surface area (Å²) in [6, 6.07) is 0. The number of rotatable bonds is 7. The molecule has 1 aliphatic carbocycles. The number of methoxy groups -OCH3 is 1. The third-order valence-corrected chi connectivity index (χ3v) is 5.75. The predicted molar refractivity (Wildman–Crippen MR) is 82.6 cm³/mol. The quantitative estimate of drug-likeness (QED) is 0.730. The van der Waals surface area contributed by atoms with Crippen molar-refractivity contribution in [3.8, 4) is 0 Å². The molecule has 1 N–H and O–H groups in total. The first-order chi connectivity index (χ1) is 9.07. The van der Waals surface area contributed by atoms with Gasteiger partial charge in [0.2, 0.25) is 0 Å². The number of esters is 1. The van der Waals surface area contributed by atoms with E-state index in [-0.39, 0.29) is 5.97 Å². The summed E-state index contributed by atoms with van der Waals surface area (Å²) < 4.78 is 5.03. The van der Waals surface area contributed by atoms with Gasteiger partial charge in [0.25, 0.3) is 0 Å². The smallest absolute Gasteiger partial charge is 0.326 e. The lowest BCUT2D eigenvalue weighted by atomic mass is 9.81. The Morgan fingerprint density at radius 2 is 2.26 bits per heavy atom. The highest BCUT2D eigenvalue weighted by Crippen LogP contribution is 2.36. The molecule has 1 fully saturated rings. The van der Waals surface area contributed by atoms with Crippen molar-refractivity contribution < 1.29 is 9.53 Å². The lowest BCUT2D eigenvalue weighted by Crippen LogP contribution is -2.56. The minimum atomic E-state index is -0.436. The van der Waals surface area contributed by atoms with Gasteiger partial charge in [-0.05, 0) is 43.9 Å². The molecule has 0 bridgehead atoms. The van der Waals surface area contributed by atoms with Crippen molar-refractivity contribution in [2.45, 2.75) is 63.7 Å². The summed E-state index contributed by atoms with van der Waals surface area (Å²) in [4.78, 5) is 12.1. The normalized spacial score (nSPS) is 28.9. The number of nitrogens with one attached hydrogen (secondary N) is 1. The van der Waals surface area contributed by atoms with Crippen molar-refractivity contribution >= 4 is 17.7 Å². The summed E-state index contributed by atoms with van der Waals surface area (Å²) in [5.41, 5.74) is -0.436. The third kappa shape index (κ3) is 4.67. The van der Waals surface area contributed by atoms with Gasteiger partial charge in [-0.3, -0.25) is 4.79 Å². The lowest BCUT2D eigenvalue weighted by molar-refractivity contribution is -0.150. The van der Waals surface area contributed by atoms with Gasteiger partial charge in [-0.15, -0.1) is 0 Å². The van der Waals surface area contributed by atoms with Crippen LogP contribution < -0.4 is 5.32 Å². The predicted octanol–water partition coefficient (Wildman–Crippen LogP) is 3.23. The molecule has 4 heteroatoms. The first-order valence-corrected chi connectivity index (χ1v) is 8.57. The Labute approximate surface area is 122 Å². The number of ether oxygens (including phenoxy) is 1. The Hall–Kier alpha value is -0.220. The number of thioether (sulfide) groups is 1.